The topological polar surface area (TPSA) is 79.5 Å². The molecule has 1 aromatic carbocycles. The molecule has 0 radical (unpaired) electrons. The molecule has 1 aromatic heterocycles. The number of halogens is 3. The number of hydrogen-bond acceptors (Lipinski definition) is 5. The number of aromatic nitrogens is 2. The van der Waals surface area contributed by atoms with Gasteiger partial charge in [0.1, 0.15) is 0 Å². The highest BCUT2D eigenvalue weighted by atomic mass is 32.2. The summed E-state index contributed by atoms with van der Waals surface area (Å²) >= 11 is 0. The average Bonchev–Trinajstić information content (AvgIpc) is 2.94. The summed E-state index contributed by atoms with van der Waals surface area (Å²) in [6.07, 6.45) is -4.46. The summed E-state index contributed by atoms with van der Waals surface area (Å²) in [4.78, 5) is 4.11. The van der Waals surface area contributed by atoms with Crippen LogP contribution in [0.25, 0.3) is 11.4 Å². The van der Waals surface area contributed by atoms with E-state index in [0.29, 0.717) is 0 Å². The molecule has 2 heterocycles. The van der Waals surface area contributed by atoms with E-state index < -0.39 is 21.9 Å². The highest BCUT2D eigenvalue weighted by Crippen LogP contribution is 2.33. The first-order chi connectivity index (χ1) is 11.6. The molecule has 1 fully saturated rings. The van der Waals surface area contributed by atoms with Crippen molar-refractivity contribution in [2.45, 2.75) is 12.1 Å². The van der Waals surface area contributed by atoms with Crippen molar-refractivity contribution in [3.63, 3.8) is 0 Å². The Kier molecular flexibility index (Phi) is 4.33. The van der Waals surface area contributed by atoms with Crippen molar-refractivity contribution in [3.05, 3.63) is 35.7 Å². The first kappa shape index (κ1) is 17.8. The summed E-state index contributed by atoms with van der Waals surface area (Å²) in [5.41, 5.74) is -0.620. The lowest BCUT2D eigenvalue weighted by Crippen LogP contribution is -2.52. The van der Waals surface area contributed by atoms with Crippen molar-refractivity contribution >= 4 is 10.2 Å². The van der Waals surface area contributed by atoms with Crippen LogP contribution < -0.4 is 0 Å². The third kappa shape index (κ3) is 3.39. The molecular formula is C14H15F3N4O3S. The molecule has 7 nitrogen and oxygen atoms in total. The van der Waals surface area contributed by atoms with E-state index in [1.165, 1.54) is 30.5 Å². The quantitative estimate of drug-likeness (QED) is 0.815. The molecule has 1 aliphatic heterocycles. The Balaban J connectivity index is 1.75. The van der Waals surface area contributed by atoms with Crippen molar-refractivity contribution in [2.75, 3.05) is 27.2 Å². The zero-order valence-corrected chi connectivity index (χ0v) is 14.2. The van der Waals surface area contributed by atoms with Gasteiger partial charge in [0.25, 0.3) is 10.2 Å². The minimum atomic E-state index is -4.46. The number of alkyl halides is 3. The molecule has 0 aliphatic carbocycles. The van der Waals surface area contributed by atoms with Crippen molar-refractivity contribution in [1.82, 2.24) is 18.8 Å². The zero-order chi connectivity index (χ0) is 18.4. The van der Waals surface area contributed by atoms with Crippen molar-refractivity contribution in [3.8, 4) is 11.4 Å². The Hall–Kier alpha value is -1.98. The van der Waals surface area contributed by atoms with Gasteiger partial charge in [0.15, 0.2) is 0 Å². The minimum absolute atomic E-state index is 0.0371. The Bertz CT molecular complexity index is 873. The molecule has 0 N–H and O–H groups in total. The van der Waals surface area contributed by atoms with Crippen LogP contribution in [-0.4, -0.2) is 54.4 Å². The highest BCUT2D eigenvalue weighted by molar-refractivity contribution is 7.86. The second-order valence-electron chi connectivity index (χ2n) is 5.84. The van der Waals surface area contributed by atoms with Crippen molar-refractivity contribution in [1.29, 1.82) is 0 Å². The van der Waals surface area contributed by atoms with Gasteiger partial charge in [-0.25, -0.2) is 0 Å². The second-order valence-corrected chi connectivity index (χ2v) is 7.98. The molecule has 1 saturated heterocycles. The van der Waals surface area contributed by atoms with Gasteiger partial charge >= 0.3 is 6.18 Å². The molecule has 136 valence electrons. The predicted octanol–water partition coefficient (Wildman–Crippen LogP) is 1.96. The van der Waals surface area contributed by atoms with E-state index in [1.54, 1.807) is 0 Å². The van der Waals surface area contributed by atoms with Gasteiger partial charge in [-0.05, 0) is 12.1 Å². The highest BCUT2D eigenvalue weighted by Gasteiger charge is 2.40. The van der Waals surface area contributed by atoms with E-state index in [4.69, 9.17) is 4.52 Å². The van der Waals surface area contributed by atoms with Crippen LogP contribution in [0.3, 0.4) is 0 Å². The minimum Gasteiger partial charge on any atom is -0.339 e. The zero-order valence-electron chi connectivity index (χ0n) is 13.4. The van der Waals surface area contributed by atoms with E-state index in [-0.39, 0.29) is 36.3 Å². The molecular weight excluding hydrogens is 361 g/mol. The summed E-state index contributed by atoms with van der Waals surface area (Å²) in [5.74, 6) is -0.0330. The average molecular weight is 376 g/mol. The lowest BCUT2D eigenvalue weighted by atomic mass is 10.0. The third-order valence-corrected chi connectivity index (χ3v) is 5.75. The van der Waals surface area contributed by atoms with Crippen molar-refractivity contribution < 1.29 is 26.1 Å². The Morgan fingerprint density at radius 1 is 1.28 bits per heavy atom. The van der Waals surface area contributed by atoms with Crippen LogP contribution in [0.4, 0.5) is 13.2 Å². The van der Waals surface area contributed by atoms with E-state index in [2.05, 4.69) is 10.1 Å². The molecule has 2 aromatic rings. The number of hydrogen-bond donors (Lipinski definition) is 0. The fraction of sp³-hybridized carbons (Fsp3) is 0.429. The summed E-state index contributed by atoms with van der Waals surface area (Å²) in [6, 6.07) is 4.62. The van der Waals surface area contributed by atoms with Crippen LogP contribution in [-0.2, 0) is 16.4 Å². The van der Waals surface area contributed by atoms with Gasteiger partial charge in [-0.2, -0.15) is 35.2 Å². The maximum Gasteiger partial charge on any atom is 0.416 e. The van der Waals surface area contributed by atoms with Gasteiger partial charge in [-0.1, -0.05) is 17.3 Å². The van der Waals surface area contributed by atoms with E-state index in [0.717, 1.165) is 16.4 Å². The summed E-state index contributed by atoms with van der Waals surface area (Å²) in [5, 5.41) is 3.70. The van der Waals surface area contributed by atoms with Crippen molar-refractivity contribution in [2.24, 2.45) is 0 Å². The molecule has 0 atom stereocenters. The first-order valence-electron chi connectivity index (χ1n) is 7.28. The number of nitrogens with zero attached hydrogens (tertiary/aromatic N) is 4. The molecule has 25 heavy (non-hydrogen) atoms. The van der Waals surface area contributed by atoms with Gasteiger partial charge < -0.3 is 4.52 Å². The fourth-order valence-electron chi connectivity index (χ4n) is 2.37. The molecule has 0 spiro atoms. The maximum absolute atomic E-state index is 12.8. The predicted molar refractivity (Wildman–Crippen MR) is 81.7 cm³/mol. The molecule has 1 aliphatic rings. The van der Waals surface area contributed by atoms with Gasteiger partial charge in [0.2, 0.25) is 11.7 Å². The molecule has 0 bridgehead atoms. The molecule has 0 saturated carbocycles. The van der Waals surface area contributed by atoms with E-state index in [1.807, 2.05) is 0 Å². The van der Waals surface area contributed by atoms with Gasteiger partial charge in [-0.15, -0.1) is 0 Å². The first-order valence-corrected chi connectivity index (χ1v) is 8.67. The molecule has 0 unspecified atom stereocenters. The summed E-state index contributed by atoms with van der Waals surface area (Å²) in [7, 11) is -0.633. The molecule has 3 rings (SSSR count). The molecule has 11 heteroatoms. The van der Waals surface area contributed by atoms with E-state index >= 15 is 0 Å². The normalized spacial score (nSPS) is 17.0. The lowest BCUT2D eigenvalue weighted by Gasteiger charge is -2.37. The fourth-order valence-corrected chi connectivity index (χ4v) is 3.57. The summed E-state index contributed by atoms with van der Waals surface area (Å²) < 4.78 is 69.6. The molecule has 0 amide bonds. The third-order valence-electron chi connectivity index (χ3n) is 3.87. The second kappa shape index (κ2) is 6.07. The van der Waals surface area contributed by atoms with Crippen LogP contribution in [0.15, 0.2) is 28.8 Å². The SMILES string of the molecule is CN(C)S(=O)(=O)N1CC(c2nc(-c3cccc(C(F)(F)F)c3)no2)C1. The number of benzene rings is 1. The summed E-state index contributed by atoms with van der Waals surface area (Å²) in [6.45, 7) is 0.371. The van der Waals surface area contributed by atoms with Gasteiger partial charge in [0.05, 0.1) is 11.5 Å². The monoisotopic (exact) mass is 376 g/mol. The lowest BCUT2D eigenvalue weighted by molar-refractivity contribution is -0.137. The maximum atomic E-state index is 12.8. The Morgan fingerprint density at radius 2 is 1.96 bits per heavy atom. The van der Waals surface area contributed by atoms with Crippen LogP contribution in [0, 0.1) is 0 Å². The smallest absolute Gasteiger partial charge is 0.339 e. The van der Waals surface area contributed by atoms with Crippen LogP contribution in [0.1, 0.15) is 17.4 Å². The van der Waals surface area contributed by atoms with Crippen LogP contribution in [0.5, 0.6) is 0 Å². The van der Waals surface area contributed by atoms with Gasteiger partial charge in [-0.3, -0.25) is 0 Å². The van der Waals surface area contributed by atoms with Crippen LogP contribution >= 0.6 is 0 Å². The van der Waals surface area contributed by atoms with Crippen LogP contribution in [0.2, 0.25) is 0 Å². The number of rotatable bonds is 4. The van der Waals surface area contributed by atoms with Gasteiger partial charge in [0, 0.05) is 32.7 Å². The Morgan fingerprint density at radius 3 is 2.56 bits per heavy atom. The Labute approximate surface area is 142 Å². The van der Waals surface area contributed by atoms with E-state index in [9.17, 15) is 21.6 Å². The largest absolute Gasteiger partial charge is 0.416 e. The standard InChI is InChI=1S/C14H15F3N4O3S/c1-20(2)25(22,23)21-7-10(8-21)13-18-12(19-24-13)9-4-3-5-11(6-9)14(15,16)17/h3-6,10H,7-8H2,1-2H3.